The van der Waals surface area contributed by atoms with Gasteiger partial charge in [0.1, 0.15) is 18.2 Å². The van der Waals surface area contributed by atoms with E-state index in [-0.39, 0.29) is 30.0 Å². The zero-order valence-corrected chi connectivity index (χ0v) is 14.5. The summed E-state index contributed by atoms with van der Waals surface area (Å²) in [5.74, 6) is -0.816. The van der Waals surface area contributed by atoms with Gasteiger partial charge in [0.05, 0.1) is 5.92 Å². The van der Waals surface area contributed by atoms with E-state index in [0.717, 1.165) is 25.7 Å². The fourth-order valence-corrected chi connectivity index (χ4v) is 2.64. The normalized spacial score (nSPS) is 22.7. The van der Waals surface area contributed by atoms with Crippen molar-refractivity contribution < 1.29 is 23.9 Å². The van der Waals surface area contributed by atoms with E-state index in [1.807, 2.05) is 20.8 Å². The highest BCUT2D eigenvalue weighted by molar-refractivity contribution is 5.79. The molecule has 0 radical (unpaired) electrons. The van der Waals surface area contributed by atoms with Crippen LogP contribution in [0.1, 0.15) is 59.8 Å². The summed E-state index contributed by atoms with van der Waals surface area (Å²) < 4.78 is 10.7. The Balaban J connectivity index is 2.61. The molecule has 0 aromatic heterocycles. The molecule has 1 aliphatic heterocycles. The van der Waals surface area contributed by atoms with Crippen LogP contribution in [0.25, 0.3) is 0 Å². The topological polar surface area (TPSA) is 81.7 Å². The molecule has 0 aliphatic carbocycles. The van der Waals surface area contributed by atoms with Crippen LogP contribution in [0, 0.1) is 11.8 Å². The van der Waals surface area contributed by atoms with Gasteiger partial charge in [-0.05, 0) is 25.7 Å². The minimum Gasteiger partial charge on any atom is -0.461 e. The molecule has 1 amide bonds. The maximum atomic E-state index is 12.3. The zero-order valence-electron chi connectivity index (χ0n) is 14.5. The van der Waals surface area contributed by atoms with Crippen molar-refractivity contribution in [3.63, 3.8) is 0 Å². The van der Waals surface area contributed by atoms with Crippen LogP contribution in [0.15, 0.2) is 0 Å². The van der Waals surface area contributed by atoms with Gasteiger partial charge < -0.3 is 14.8 Å². The molecule has 6 heteroatoms. The fourth-order valence-electron chi connectivity index (χ4n) is 2.64. The largest absolute Gasteiger partial charge is 0.461 e. The molecule has 0 spiro atoms. The summed E-state index contributed by atoms with van der Waals surface area (Å²) in [5, 5.41) is 2.51. The van der Waals surface area contributed by atoms with Crippen LogP contribution in [0.4, 0.5) is 0 Å². The predicted octanol–water partition coefficient (Wildman–Crippen LogP) is 2.20. The Bertz CT molecular complexity index is 410. The first-order valence-corrected chi connectivity index (χ1v) is 8.51. The highest BCUT2D eigenvalue weighted by atomic mass is 16.6. The van der Waals surface area contributed by atoms with Crippen LogP contribution in [0.5, 0.6) is 0 Å². The zero-order chi connectivity index (χ0) is 17.4. The van der Waals surface area contributed by atoms with Gasteiger partial charge in [-0.1, -0.05) is 33.6 Å². The Hall–Kier alpha value is -1.59. The number of esters is 2. The molecule has 1 saturated heterocycles. The van der Waals surface area contributed by atoms with Crippen molar-refractivity contribution >= 4 is 18.3 Å². The van der Waals surface area contributed by atoms with Gasteiger partial charge in [0.25, 0.3) is 0 Å². The Morgan fingerprint density at radius 2 is 2.09 bits per heavy atom. The number of carbonyl (C=O) groups excluding carboxylic acids is 3. The van der Waals surface area contributed by atoms with E-state index in [1.54, 1.807) is 0 Å². The van der Waals surface area contributed by atoms with E-state index in [9.17, 15) is 14.4 Å². The summed E-state index contributed by atoms with van der Waals surface area (Å²) in [6.07, 6.45) is 4.42. The summed E-state index contributed by atoms with van der Waals surface area (Å²) in [6, 6.07) is -0.650. The second-order valence-electron chi connectivity index (χ2n) is 6.56. The number of cyclic esters (lactones) is 1. The Kier molecular flexibility index (Phi) is 8.06. The average molecular weight is 327 g/mol. The molecule has 0 unspecified atom stereocenters. The molecule has 1 fully saturated rings. The van der Waals surface area contributed by atoms with E-state index in [2.05, 4.69) is 12.2 Å². The van der Waals surface area contributed by atoms with Crippen LogP contribution in [0.3, 0.4) is 0 Å². The first kappa shape index (κ1) is 19.5. The quantitative estimate of drug-likeness (QED) is 0.357. The van der Waals surface area contributed by atoms with E-state index in [4.69, 9.17) is 9.47 Å². The molecular weight excluding hydrogens is 298 g/mol. The lowest BCUT2D eigenvalue weighted by molar-refractivity contribution is -0.187. The molecule has 0 saturated carbocycles. The summed E-state index contributed by atoms with van der Waals surface area (Å²) in [4.78, 5) is 34.2. The molecule has 1 rings (SSSR count). The van der Waals surface area contributed by atoms with E-state index in [0.29, 0.717) is 12.8 Å². The van der Waals surface area contributed by atoms with Crippen molar-refractivity contribution in [3.8, 4) is 0 Å². The number of hydrogen-bond donors (Lipinski definition) is 1. The predicted molar refractivity (Wildman–Crippen MR) is 85.5 cm³/mol. The Morgan fingerprint density at radius 3 is 2.57 bits per heavy atom. The fraction of sp³-hybridized carbons (Fsp3) is 0.824. The van der Waals surface area contributed by atoms with E-state index >= 15 is 0 Å². The lowest BCUT2D eigenvalue weighted by atomic mass is 9.92. The Labute approximate surface area is 138 Å². The molecule has 23 heavy (non-hydrogen) atoms. The van der Waals surface area contributed by atoms with Crippen LogP contribution < -0.4 is 5.32 Å². The van der Waals surface area contributed by atoms with Gasteiger partial charge >= 0.3 is 11.9 Å². The van der Waals surface area contributed by atoms with Gasteiger partial charge in [-0.3, -0.25) is 9.59 Å². The second-order valence-corrected chi connectivity index (χ2v) is 6.56. The molecule has 6 nitrogen and oxygen atoms in total. The summed E-state index contributed by atoms with van der Waals surface area (Å²) in [5.41, 5.74) is 0. The van der Waals surface area contributed by atoms with Crippen molar-refractivity contribution in [2.24, 2.45) is 11.8 Å². The maximum Gasteiger partial charge on any atom is 0.329 e. The maximum absolute atomic E-state index is 12.3. The monoisotopic (exact) mass is 327 g/mol. The highest BCUT2D eigenvalue weighted by Crippen LogP contribution is 2.28. The minimum atomic E-state index is -0.650. The third-order valence-corrected chi connectivity index (χ3v) is 4.27. The molecule has 132 valence electrons. The number of nitrogens with one attached hydrogen (secondary N) is 1. The number of ether oxygens (including phenoxy) is 2. The molecule has 0 bridgehead atoms. The van der Waals surface area contributed by atoms with Gasteiger partial charge in [-0.25, -0.2) is 4.79 Å². The SMILES string of the molecule is CCCCC[C@@H](C[C@@H]1OC(=O)[C@H]1C)OC(=O)[C@@H](NC=O)C(C)C. The molecular formula is C17H29NO5. The molecule has 1 N–H and O–H groups in total. The van der Waals surface area contributed by atoms with E-state index in [1.165, 1.54) is 0 Å². The molecule has 0 aromatic rings. The standard InChI is InChI=1S/C17H29NO5/c1-5-6-7-8-13(9-14-12(4)16(20)23-14)22-17(21)15(11(2)3)18-10-19/h10-15H,5-9H2,1-4H3,(H,18,19)/t12-,13-,14-,15-/m0/s1. The summed E-state index contributed by atoms with van der Waals surface area (Å²) in [7, 11) is 0. The molecule has 4 atom stereocenters. The first-order chi connectivity index (χ1) is 10.9. The van der Waals surface area contributed by atoms with Crippen molar-refractivity contribution in [1.29, 1.82) is 0 Å². The van der Waals surface area contributed by atoms with Crippen molar-refractivity contribution in [3.05, 3.63) is 0 Å². The van der Waals surface area contributed by atoms with Gasteiger partial charge in [0.2, 0.25) is 6.41 Å². The third kappa shape index (κ3) is 5.84. The second kappa shape index (κ2) is 9.53. The van der Waals surface area contributed by atoms with Crippen LogP contribution in [0.2, 0.25) is 0 Å². The highest BCUT2D eigenvalue weighted by Gasteiger charge is 2.40. The molecule has 0 aromatic carbocycles. The van der Waals surface area contributed by atoms with Gasteiger partial charge in [0.15, 0.2) is 0 Å². The number of rotatable bonds is 11. The van der Waals surface area contributed by atoms with Crippen molar-refractivity contribution in [2.75, 3.05) is 0 Å². The number of amides is 1. The van der Waals surface area contributed by atoms with Crippen molar-refractivity contribution in [2.45, 2.75) is 78.0 Å². The van der Waals surface area contributed by atoms with Gasteiger partial charge in [0, 0.05) is 6.42 Å². The van der Waals surface area contributed by atoms with Crippen LogP contribution >= 0.6 is 0 Å². The van der Waals surface area contributed by atoms with E-state index < -0.39 is 12.0 Å². The number of hydrogen-bond acceptors (Lipinski definition) is 5. The first-order valence-electron chi connectivity index (χ1n) is 8.51. The van der Waals surface area contributed by atoms with Crippen molar-refractivity contribution in [1.82, 2.24) is 5.32 Å². The number of unbranched alkanes of at least 4 members (excludes halogenated alkanes) is 2. The van der Waals surface area contributed by atoms with Gasteiger partial charge in [-0.2, -0.15) is 0 Å². The summed E-state index contributed by atoms with van der Waals surface area (Å²) in [6.45, 7) is 7.64. The lowest BCUT2D eigenvalue weighted by Gasteiger charge is -2.35. The minimum absolute atomic E-state index is 0.0514. The van der Waals surface area contributed by atoms with Crippen LogP contribution in [-0.4, -0.2) is 36.6 Å². The lowest BCUT2D eigenvalue weighted by Crippen LogP contribution is -2.47. The third-order valence-electron chi connectivity index (χ3n) is 4.27. The smallest absolute Gasteiger partial charge is 0.329 e. The summed E-state index contributed by atoms with van der Waals surface area (Å²) >= 11 is 0. The molecule has 1 aliphatic rings. The average Bonchev–Trinajstić information content (AvgIpc) is 2.51. The Morgan fingerprint density at radius 1 is 1.39 bits per heavy atom. The molecule has 1 heterocycles. The number of carbonyl (C=O) groups is 3. The van der Waals surface area contributed by atoms with Gasteiger partial charge in [-0.15, -0.1) is 0 Å². The van der Waals surface area contributed by atoms with Crippen LogP contribution in [-0.2, 0) is 23.9 Å².